The standard InChI is InChI=1S/C17H29ClN2O5SSi/c1-9-24-14(21)17(5,11-25-27(7,8)16(2,3)4)12-10-19-15(20-13(12)18)26(6,22)23/h10H,9,11H2,1-8H3/t17-/m0/s1. The molecular formula is C17H29ClN2O5SSi. The van der Waals surface area contributed by atoms with Gasteiger partial charge in [-0.2, -0.15) is 0 Å². The highest BCUT2D eigenvalue weighted by Gasteiger charge is 2.44. The van der Waals surface area contributed by atoms with Gasteiger partial charge in [-0.3, -0.25) is 4.79 Å². The normalized spacial score (nSPS) is 15.3. The molecule has 0 N–H and O–H groups in total. The number of esters is 1. The van der Waals surface area contributed by atoms with Crippen molar-refractivity contribution in [1.29, 1.82) is 0 Å². The Morgan fingerprint density at radius 3 is 2.22 bits per heavy atom. The third-order valence-corrected chi connectivity index (χ3v) is 10.5. The molecule has 0 fully saturated rings. The molecular weight excluding hydrogens is 408 g/mol. The van der Waals surface area contributed by atoms with Crippen molar-refractivity contribution in [3.63, 3.8) is 0 Å². The van der Waals surface area contributed by atoms with Gasteiger partial charge in [0.15, 0.2) is 8.32 Å². The van der Waals surface area contributed by atoms with E-state index < -0.39 is 34.7 Å². The first-order valence-corrected chi connectivity index (χ1v) is 13.8. The second-order valence-electron chi connectivity index (χ2n) is 8.23. The number of ether oxygens (including phenoxy) is 1. The molecule has 0 saturated carbocycles. The molecule has 0 aliphatic rings. The van der Waals surface area contributed by atoms with Gasteiger partial charge in [-0.05, 0) is 32.0 Å². The highest BCUT2D eigenvalue weighted by Crippen LogP contribution is 2.39. The molecule has 0 unspecified atom stereocenters. The lowest BCUT2D eigenvalue weighted by atomic mass is 9.85. The van der Waals surface area contributed by atoms with Gasteiger partial charge < -0.3 is 9.16 Å². The second-order valence-corrected chi connectivity index (χ2v) is 15.3. The van der Waals surface area contributed by atoms with Crippen molar-refractivity contribution in [2.24, 2.45) is 0 Å². The number of sulfone groups is 1. The molecule has 0 radical (unpaired) electrons. The van der Waals surface area contributed by atoms with Crippen molar-refractivity contribution in [2.75, 3.05) is 19.5 Å². The van der Waals surface area contributed by atoms with Crippen LogP contribution in [0.1, 0.15) is 40.2 Å². The summed E-state index contributed by atoms with van der Waals surface area (Å²) in [6, 6.07) is 0. The first kappa shape index (κ1) is 24.0. The Balaban J connectivity index is 3.39. The van der Waals surface area contributed by atoms with Crippen molar-refractivity contribution in [2.45, 2.75) is 63.3 Å². The minimum Gasteiger partial charge on any atom is -0.465 e. The van der Waals surface area contributed by atoms with Crippen LogP contribution in [0.15, 0.2) is 11.4 Å². The Morgan fingerprint density at radius 1 is 1.26 bits per heavy atom. The van der Waals surface area contributed by atoms with E-state index in [-0.39, 0.29) is 29.0 Å². The monoisotopic (exact) mass is 436 g/mol. The van der Waals surface area contributed by atoms with Crippen LogP contribution in [0.4, 0.5) is 0 Å². The topological polar surface area (TPSA) is 95.5 Å². The third-order valence-electron chi connectivity index (χ3n) is 4.90. The number of aromatic nitrogens is 2. The maximum atomic E-state index is 12.7. The number of nitrogens with zero attached hydrogens (tertiary/aromatic N) is 2. The average molecular weight is 437 g/mol. The number of carbonyl (C=O) groups excluding carboxylic acids is 1. The highest BCUT2D eigenvalue weighted by atomic mass is 35.5. The summed E-state index contributed by atoms with van der Waals surface area (Å²) < 4.78 is 34.8. The SMILES string of the molecule is CCOC(=O)[C@@](C)(CO[Si](C)(C)C(C)(C)C)c1cnc(S(C)(=O)=O)nc1Cl. The van der Waals surface area contributed by atoms with Crippen LogP contribution >= 0.6 is 11.6 Å². The zero-order valence-corrected chi connectivity index (χ0v) is 19.8. The van der Waals surface area contributed by atoms with Crippen LogP contribution in [0, 0.1) is 0 Å². The lowest BCUT2D eigenvalue weighted by Gasteiger charge is -2.39. The summed E-state index contributed by atoms with van der Waals surface area (Å²) in [6.45, 7) is 14.0. The molecule has 0 amide bonds. The van der Waals surface area contributed by atoms with Crippen molar-refractivity contribution < 1.29 is 22.4 Å². The molecule has 1 heterocycles. The van der Waals surface area contributed by atoms with E-state index in [9.17, 15) is 13.2 Å². The minimum absolute atomic E-state index is 0.0314. The zero-order chi connectivity index (χ0) is 21.3. The number of hydrogen-bond acceptors (Lipinski definition) is 7. The predicted octanol–water partition coefficient (Wildman–Crippen LogP) is 3.38. The second kappa shape index (κ2) is 8.14. The molecule has 0 aliphatic heterocycles. The van der Waals surface area contributed by atoms with E-state index in [2.05, 4.69) is 43.8 Å². The van der Waals surface area contributed by atoms with E-state index in [4.69, 9.17) is 20.8 Å². The van der Waals surface area contributed by atoms with Gasteiger partial charge in [-0.15, -0.1) is 0 Å². The van der Waals surface area contributed by atoms with E-state index in [1.54, 1.807) is 13.8 Å². The van der Waals surface area contributed by atoms with Crippen LogP contribution < -0.4 is 0 Å². The fourth-order valence-electron chi connectivity index (χ4n) is 1.97. The third kappa shape index (κ3) is 5.49. The van der Waals surface area contributed by atoms with E-state index >= 15 is 0 Å². The summed E-state index contributed by atoms with van der Waals surface area (Å²) in [6.07, 6.45) is 2.25. The summed E-state index contributed by atoms with van der Waals surface area (Å²) in [4.78, 5) is 20.5. The molecule has 1 atom stereocenters. The van der Waals surface area contributed by atoms with Crippen molar-refractivity contribution in [3.8, 4) is 0 Å². The van der Waals surface area contributed by atoms with Gasteiger partial charge in [0.05, 0.1) is 13.2 Å². The smallest absolute Gasteiger partial charge is 0.318 e. The Morgan fingerprint density at radius 2 is 1.81 bits per heavy atom. The quantitative estimate of drug-likeness (QED) is 0.280. The molecule has 0 saturated heterocycles. The number of carbonyl (C=O) groups is 1. The average Bonchev–Trinajstić information content (AvgIpc) is 2.50. The Bertz CT molecular complexity index is 808. The fourth-order valence-corrected chi connectivity index (χ4v) is 3.94. The molecule has 27 heavy (non-hydrogen) atoms. The van der Waals surface area contributed by atoms with Crippen LogP contribution in [0.25, 0.3) is 0 Å². The van der Waals surface area contributed by atoms with E-state index in [0.29, 0.717) is 0 Å². The molecule has 7 nitrogen and oxygen atoms in total. The molecule has 0 aromatic carbocycles. The van der Waals surface area contributed by atoms with Gasteiger partial charge >= 0.3 is 5.97 Å². The van der Waals surface area contributed by atoms with Crippen LogP contribution in [-0.4, -0.2) is 52.1 Å². The molecule has 0 spiro atoms. The number of rotatable bonds is 7. The van der Waals surface area contributed by atoms with Gasteiger partial charge in [-0.25, -0.2) is 18.4 Å². The number of hydrogen-bond donors (Lipinski definition) is 0. The van der Waals surface area contributed by atoms with E-state index in [1.807, 2.05) is 0 Å². The Kier molecular flexibility index (Phi) is 7.24. The van der Waals surface area contributed by atoms with E-state index in [0.717, 1.165) is 6.26 Å². The summed E-state index contributed by atoms with van der Waals surface area (Å²) >= 11 is 6.24. The minimum atomic E-state index is -3.62. The first-order chi connectivity index (χ1) is 12.1. The Hall–Kier alpha value is -1.03. The number of halogens is 1. The molecule has 1 aromatic heterocycles. The van der Waals surface area contributed by atoms with Crippen molar-refractivity contribution in [1.82, 2.24) is 9.97 Å². The summed E-state index contributed by atoms with van der Waals surface area (Å²) in [5.74, 6) is -0.527. The van der Waals surface area contributed by atoms with E-state index in [1.165, 1.54) is 6.20 Å². The lowest BCUT2D eigenvalue weighted by Crippen LogP contribution is -2.47. The van der Waals surface area contributed by atoms with Crippen LogP contribution in [0.5, 0.6) is 0 Å². The van der Waals surface area contributed by atoms with Gasteiger partial charge in [0, 0.05) is 18.0 Å². The molecule has 154 valence electrons. The Labute approximate surface area is 167 Å². The van der Waals surface area contributed by atoms with Crippen LogP contribution in [-0.2, 0) is 29.2 Å². The molecule has 1 rings (SSSR count). The first-order valence-electron chi connectivity index (χ1n) is 8.60. The van der Waals surface area contributed by atoms with Crippen LogP contribution in [0.3, 0.4) is 0 Å². The highest BCUT2D eigenvalue weighted by molar-refractivity contribution is 7.90. The van der Waals surface area contributed by atoms with Gasteiger partial charge in [-0.1, -0.05) is 32.4 Å². The fraction of sp³-hybridized carbons (Fsp3) is 0.706. The zero-order valence-electron chi connectivity index (χ0n) is 17.2. The molecule has 0 aliphatic carbocycles. The summed E-state index contributed by atoms with van der Waals surface area (Å²) in [7, 11) is -5.78. The summed E-state index contributed by atoms with van der Waals surface area (Å²) in [5, 5.41) is -0.559. The molecule has 10 heteroatoms. The maximum Gasteiger partial charge on any atom is 0.318 e. The molecule has 1 aromatic rings. The largest absolute Gasteiger partial charge is 0.465 e. The van der Waals surface area contributed by atoms with Gasteiger partial charge in [0.25, 0.3) is 0 Å². The lowest BCUT2D eigenvalue weighted by molar-refractivity contribution is -0.150. The van der Waals surface area contributed by atoms with Crippen LogP contribution in [0.2, 0.25) is 23.3 Å². The summed E-state index contributed by atoms with van der Waals surface area (Å²) in [5.41, 5.74) is -0.993. The van der Waals surface area contributed by atoms with Gasteiger partial charge in [0.1, 0.15) is 10.6 Å². The van der Waals surface area contributed by atoms with Crippen molar-refractivity contribution in [3.05, 3.63) is 16.9 Å². The predicted molar refractivity (Wildman–Crippen MR) is 107 cm³/mol. The maximum absolute atomic E-state index is 12.7. The van der Waals surface area contributed by atoms with Gasteiger partial charge in [0.2, 0.25) is 15.0 Å². The molecule has 0 bridgehead atoms. The van der Waals surface area contributed by atoms with Crippen molar-refractivity contribution >= 4 is 35.7 Å².